The molecule has 0 amide bonds. The molecule has 3 aromatic rings. The van der Waals surface area contributed by atoms with Crippen LogP contribution in [0.4, 0.5) is 0 Å². The fraction of sp³-hybridized carbons (Fsp3) is 0.0500. The van der Waals surface area contributed by atoms with Crippen molar-refractivity contribution >= 4 is 73.9 Å². The van der Waals surface area contributed by atoms with Gasteiger partial charge in [-0.05, 0) is 42.5 Å². The van der Waals surface area contributed by atoms with Crippen LogP contribution in [0.3, 0.4) is 0 Å². The van der Waals surface area contributed by atoms with E-state index in [2.05, 4.69) is 20.9 Å². The average Bonchev–Trinajstić information content (AvgIpc) is 3.18. The maximum Gasteiger partial charge on any atom is 0.363 e. The van der Waals surface area contributed by atoms with Gasteiger partial charge >= 0.3 is 5.97 Å². The van der Waals surface area contributed by atoms with Gasteiger partial charge in [-0.1, -0.05) is 39.1 Å². The summed E-state index contributed by atoms with van der Waals surface area (Å²) in [7, 11) is 0. The lowest BCUT2D eigenvalue weighted by Crippen LogP contribution is -2.06. The number of hydrogen-bond donors (Lipinski definition) is 0. The van der Waals surface area contributed by atoms with Crippen LogP contribution in [0.25, 0.3) is 17.0 Å². The minimum Gasteiger partial charge on any atom is -0.402 e. The third kappa shape index (κ3) is 3.39. The molecule has 28 heavy (non-hydrogen) atoms. The summed E-state index contributed by atoms with van der Waals surface area (Å²) in [6.07, 6.45) is 3.25. The van der Waals surface area contributed by atoms with Gasteiger partial charge in [-0.3, -0.25) is 9.36 Å². The molecule has 0 fully saturated rings. The van der Waals surface area contributed by atoms with Crippen LogP contribution >= 0.6 is 39.1 Å². The van der Waals surface area contributed by atoms with Gasteiger partial charge in [0.2, 0.25) is 11.8 Å². The molecular weight excluding hydrogens is 467 g/mol. The summed E-state index contributed by atoms with van der Waals surface area (Å²) in [5.74, 6) is -0.661. The maximum atomic E-state index is 12.3. The summed E-state index contributed by atoms with van der Waals surface area (Å²) in [4.78, 5) is 28.6. The molecule has 0 atom stereocenters. The van der Waals surface area contributed by atoms with Crippen molar-refractivity contribution in [2.75, 3.05) is 0 Å². The zero-order chi connectivity index (χ0) is 20.0. The van der Waals surface area contributed by atoms with E-state index in [4.69, 9.17) is 27.9 Å². The molecule has 8 heteroatoms. The van der Waals surface area contributed by atoms with E-state index < -0.39 is 5.97 Å². The Morgan fingerprint density at radius 3 is 2.75 bits per heavy atom. The fourth-order valence-corrected chi connectivity index (χ4v) is 3.67. The highest BCUT2D eigenvalue weighted by Gasteiger charge is 2.26. The molecule has 0 saturated carbocycles. The smallest absolute Gasteiger partial charge is 0.363 e. The quantitative estimate of drug-likeness (QED) is 0.350. The highest BCUT2D eigenvalue weighted by atomic mass is 79.9. The van der Waals surface area contributed by atoms with Crippen LogP contribution in [0.15, 0.2) is 57.8 Å². The number of esters is 1. The maximum absolute atomic E-state index is 12.3. The molecule has 1 aromatic heterocycles. The first-order valence-corrected chi connectivity index (χ1v) is 9.68. The minimum absolute atomic E-state index is 0.0836. The summed E-state index contributed by atoms with van der Waals surface area (Å²) in [5, 5.41) is 1.62. The molecule has 5 nitrogen and oxygen atoms in total. The molecular formula is C20H11BrCl2N2O3. The SMILES string of the molecule is CC(=O)n1cc(/C=C2\N=C(c3cc(Cl)ccc3Cl)OC2=O)c2cc(Br)ccc21. The van der Waals surface area contributed by atoms with E-state index in [0.29, 0.717) is 21.2 Å². The summed E-state index contributed by atoms with van der Waals surface area (Å²) in [6, 6.07) is 10.4. The van der Waals surface area contributed by atoms with Gasteiger partial charge in [0.15, 0.2) is 5.70 Å². The Labute approximate surface area is 178 Å². The van der Waals surface area contributed by atoms with Gasteiger partial charge in [0.25, 0.3) is 0 Å². The van der Waals surface area contributed by atoms with Crippen molar-refractivity contribution in [3.05, 3.63) is 73.9 Å². The number of cyclic esters (lactones) is 1. The number of aromatic nitrogens is 1. The van der Waals surface area contributed by atoms with Crippen LogP contribution in [0.1, 0.15) is 22.8 Å². The Morgan fingerprint density at radius 1 is 1.21 bits per heavy atom. The number of carbonyl (C=O) groups is 2. The number of carbonyl (C=O) groups excluding carboxylic acids is 2. The molecule has 1 aliphatic heterocycles. The number of fused-ring (bicyclic) bond motifs is 1. The second-order valence-corrected chi connectivity index (χ2v) is 7.85. The molecule has 140 valence electrons. The highest BCUT2D eigenvalue weighted by Crippen LogP contribution is 2.30. The van der Waals surface area contributed by atoms with Gasteiger partial charge < -0.3 is 4.74 Å². The molecule has 0 bridgehead atoms. The standard InChI is InChI=1S/C20H11BrCl2N2O3/c1-10(26)25-9-11(14-7-12(21)2-5-18(14)25)6-17-20(27)28-19(24-17)15-8-13(22)3-4-16(15)23/h2-9H,1H3/b17-6-. The summed E-state index contributed by atoms with van der Waals surface area (Å²) in [6.45, 7) is 1.47. The Morgan fingerprint density at radius 2 is 2.00 bits per heavy atom. The van der Waals surface area contributed by atoms with E-state index in [9.17, 15) is 9.59 Å². The summed E-state index contributed by atoms with van der Waals surface area (Å²) >= 11 is 15.6. The van der Waals surface area contributed by atoms with E-state index in [-0.39, 0.29) is 17.5 Å². The van der Waals surface area contributed by atoms with Crippen molar-refractivity contribution in [2.24, 2.45) is 4.99 Å². The first-order valence-electron chi connectivity index (χ1n) is 8.13. The zero-order valence-corrected chi connectivity index (χ0v) is 17.5. The number of ether oxygens (including phenoxy) is 1. The van der Waals surface area contributed by atoms with Crippen molar-refractivity contribution in [1.82, 2.24) is 4.57 Å². The monoisotopic (exact) mass is 476 g/mol. The largest absolute Gasteiger partial charge is 0.402 e. The van der Waals surface area contributed by atoms with Crippen molar-refractivity contribution < 1.29 is 14.3 Å². The van der Waals surface area contributed by atoms with E-state index in [0.717, 1.165) is 15.4 Å². The van der Waals surface area contributed by atoms with Gasteiger partial charge in [0.1, 0.15) is 0 Å². The number of benzene rings is 2. The lowest BCUT2D eigenvalue weighted by Gasteiger charge is -2.02. The van der Waals surface area contributed by atoms with E-state index in [1.54, 1.807) is 30.5 Å². The summed E-state index contributed by atoms with van der Waals surface area (Å²) < 4.78 is 7.65. The van der Waals surface area contributed by atoms with Crippen LogP contribution in [0.2, 0.25) is 10.0 Å². The molecule has 0 aliphatic carbocycles. The lowest BCUT2D eigenvalue weighted by molar-refractivity contribution is -0.129. The molecule has 0 saturated heterocycles. The van der Waals surface area contributed by atoms with Crippen LogP contribution < -0.4 is 0 Å². The predicted octanol–water partition coefficient (Wildman–Crippen LogP) is 5.72. The third-order valence-corrected chi connectivity index (χ3v) is 5.27. The topological polar surface area (TPSA) is 60.7 Å². The Hall–Kier alpha value is -2.41. The number of aliphatic imine (C=N–C) groups is 1. The lowest BCUT2D eigenvalue weighted by atomic mass is 10.1. The third-order valence-electron chi connectivity index (χ3n) is 4.21. The Bertz CT molecular complexity index is 1230. The Kier molecular flexibility index (Phi) is 4.87. The van der Waals surface area contributed by atoms with Crippen LogP contribution in [-0.2, 0) is 9.53 Å². The van der Waals surface area contributed by atoms with Gasteiger partial charge in [-0.2, -0.15) is 0 Å². The van der Waals surface area contributed by atoms with Crippen molar-refractivity contribution in [2.45, 2.75) is 6.92 Å². The van der Waals surface area contributed by atoms with Crippen molar-refractivity contribution in [3.8, 4) is 0 Å². The normalized spacial score (nSPS) is 15.2. The van der Waals surface area contributed by atoms with Crippen LogP contribution in [0, 0.1) is 0 Å². The van der Waals surface area contributed by atoms with Gasteiger partial charge in [0.05, 0.1) is 16.1 Å². The van der Waals surface area contributed by atoms with Gasteiger partial charge in [-0.25, -0.2) is 9.79 Å². The molecule has 4 rings (SSSR count). The molecule has 1 aliphatic rings. The molecule has 2 aromatic carbocycles. The van der Waals surface area contributed by atoms with Gasteiger partial charge in [0, 0.05) is 33.6 Å². The van der Waals surface area contributed by atoms with Gasteiger partial charge in [-0.15, -0.1) is 0 Å². The molecule has 0 radical (unpaired) electrons. The van der Waals surface area contributed by atoms with Crippen LogP contribution in [-0.4, -0.2) is 22.3 Å². The van der Waals surface area contributed by atoms with E-state index >= 15 is 0 Å². The number of rotatable bonds is 2. The molecule has 0 unspecified atom stereocenters. The molecule has 0 N–H and O–H groups in total. The first kappa shape index (κ1) is 18.9. The Balaban J connectivity index is 1.84. The number of nitrogens with zero attached hydrogens (tertiary/aromatic N) is 2. The highest BCUT2D eigenvalue weighted by molar-refractivity contribution is 9.10. The molecule has 0 spiro atoms. The van der Waals surface area contributed by atoms with Crippen molar-refractivity contribution in [3.63, 3.8) is 0 Å². The van der Waals surface area contributed by atoms with Crippen LogP contribution in [0.5, 0.6) is 0 Å². The van der Waals surface area contributed by atoms with E-state index in [1.807, 2.05) is 18.2 Å². The average molecular weight is 478 g/mol. The first-order chi connectivity index (χ1) is 13.3. The fourth-order valence-electron chi connectivity index (χ4n) is 2.94. The second kappa shape index (κ2) is 7.20. The zero-order valence-electron chi connectivity index (χ0n) is 14.4. The second-order valence-electron chi connectivity index (χ2n) is 6.10. The molecule has 2 heterocycles. The summed E-state index contributed by atoms with van der Waals surface area (Å²) in [5.41, 5.74) is 1.94. The van der Waals surface area contributed by atoms with E-state index in [1.165, 1.54) is 11.5 Å². The predicted molar refractivity (Wildman–Crippen MR) is 113 cm³/mol. The minimum atomic E-state index is -0.607. The number of halogens is 3. The van der Waals surface area contributed by atoms with Crippen molar-refractivity contribution in [1.29, 1.82) is 0 Å². The number of hydrogen-bond acceptors (Lipinski definition) is 4.